The highest BCUT2D eigenvalue weighted by Crippen LogP contribution is 2.25. The summed E-state index contributed by atoms with van der Waals surface area (Å²) >= 11 is 5.82. The summed E-state index contributed by atoms with van der Waals surface area (Å²) in [6.07, 6.45) is 0. The zero-order valence-corrected chi connectivity index (χ0v) is 7.88. The van der Waals surface area contributed by atoms with Crippen LogP contribution in [0.15, 0.2) is 36.4 Å². The molecule has 0 bridgehead atoms. The number of hydrogen-bond donors (Lipinski definition) is 1. The zero-order valence-electron chi connectivity index (χ0n) is 7.13. The van der Waals surface area contributed by atoms with Gasteiger partial charge in [0.15, 0.2) is 0 Å². The maximum absolute atomic E-state index is 5.84. The van der Waals surface area contributed by atoms with E-state index in [4.69, 9.17) is 17.3 Å². The molecule has 2 rings (SSSR count). The molecule has 13 heavy (non-hydrogen) atoms. The molecule has 2 N–H and O–H groups in total. The molecule has 0 radical (unpaired) electrons. The summed E-state index contributed by atoms with van der Waals surface area (Å²) in [7, 11) is 0. The van der Waals surface area contributed by atoms with Crippen LogP contribution in [0.1, 0.15) is 5.56 Å². The fraction of sp³-hybridized carbons (Fsp3) is 0.0909. The first kappa shape index (κ1) is 8.39. The molecule has 0 aliphatic heterocycles. The monoisotopic (exact) mass is 191 g/mol. The van der Waals surface area contributed by atoms with Gasteiger partial charge >= 0.3 is 0 Å². The van der Waals surface area contributed by atoms with Crippen LogP contribution in [0.4, 0.5) is 5.69 Å². The smallest absolute Gasteiger partial charge is 0.0480 e. The molecule has 0 fully saturated rings. The van der Waals surface area contributed by atoms with Crippen molar-refractivity contribution in [3.05, 3.63) is 42.0 Å². The molecule has 0 spiro atoms. The fourth-order valence-electron chi connectivity index (χ4n) is 1.50. The SMILES string of the molecule is Nc1ccc(CCl)c2ccccc12. The van der Waals surface area contributed by atoms with Gasteiger partial charge < -0.3 is 5.73 Å². The fourth-order valence-corrected chi connectivity index (χ4v) is 1.73. The lowest BCUT2D eigenvalue weighted by atomic mass is 10.0. The minimum Gasteiger partial charge on any atom is -0.398 e. The standard InChI is InChI=1S/C11H10ClN/c12-7-8-5-6-11(13)10-4-2-1-3-9(8)10/h1-6H,7,13H2. The van der Waals surface area contributed by atoms with Gasteiger partial charge in [-0.25, -0.2) is 0 Å². The largest absolute Gasteiger partial charge is 0.398 e. The predicted molar refractivity (Wildman–Crippen MR) is 57.9 cm³/mol. The van der Waals surface area contributed by atoms with E-state index in [-0.39, 0.29) is 0 Å². The molecule has 0 aliphatic carbocycles. The molecule has 2 aromatic carbocycles. The van der Waals surface area contributed by atoms with Crippen LogP contribution in [0, 0.1) is 0 Å². The molecule has 1 nitrogen and oxygen atoms in total. The summed E-state index contributed by atoms with van der Waals surface area (Å²) in [4.78, 5) is 0. The summed E-state index contributed by atoms with van der Waals surface area (Å²) in [5.41, 5.74) is 7.78. The van der Waals surface area contributed by atoms with Gasteiger partial charge in [0, 0.05) is 17.0 Å². The summed E-state index contributed by atoms with van der Waals surface area (Å²) in [5, 5.41) is 2.23. The first-order chi connectivity index (χ1) is 6.33. The van der Waals surface area contributed by atoms with Gasteiger partial charge in [-0.1, -0.05) is 30.3 Å². The van der Waals surface area contributed by atoms with Crippen molar-refractivity contribution in [2.24, 2.45) is 0 Å². The van der Waals surface area contributed by atoms with Crippen LogP contribution in [0.5, 0.6) is 0 Å². The lowest BCUT2D eigenvalue weighted by Crippen LogP contribution is -1.89. The third-order valence-corrected chi connectivity index (χ3v) is 2.48. The van der Waals surface area contributed by atoms with Gasteiger partial charge in [0.25, 0.3) is 0 Å². The third-order valence-electron chi connectivity index (χ3n) is 2.19. The normalized spacial score (nSPS) is 10.5. The summed E-state index contributed by atoms with van der Waals surface area (Å²) in [6, 6.07) is 11.9. The second-order valence-electron chi connectivity index (χ2n) is 2.99. The van der Waals surface area contributed by atoms with Crippen LogP contribution < -0.4 is 5.73 Å². The summed E-state index contributed by atoms with van der Waals surface area (Å²) in [5.74, 6) is 0.529. The summed E-state index contributed by atoms with van der Waals surface area (Å²) in [6.45, 7) is 0. The Morgan fingerprint density at radius 3 is 2.38 bits per heavy atom. The Morgan fingerprint density at radius 1 is 1.00 bits per heavy atom. The van der Waals surface area contributed by atoms with Crippen molar-refractivity contribution >= 4 is 28.1 Å². The number of alkyl halides is 1. The first-order valence-electron chi connectivity index (χ1n) is 4.15. The van der Waals surface area contributed by atoms with E-state index < -0.39 is 0 Å². The molecule has 2 heteroatoms. The molecule has 0 saturated heterocycles. The lowest BCUT2D eigenvalue weighted by molar-refractivity contribution is 1.45. The Kier molecular flexibility index (Phi) is 2.11. The number of hydrogen-bond acceptors (Lipinski definition) is 1. The topological polar surface area (TPSA) is 26.0 Å². The number of nitrogen functional groups attached to an aromatic ring is 1. The minimum atomic E-state index is 0.529. The Hall–Kier alpha value is -1.21. The van der Waals surface area contributed by atoms with Crippen LogP contribution in [-0.2, 0) is 5.88 Å². The minimum absolute atomic E-state index is 0.529. The van der Waals surface area contributed by atoms with Crippen molar-refractivity contribution in [3.8, 4) is 0 Å². The molecular weight excluding hydrogens is 182 g/mol. The van der Waals surface area contributed by atoms with E-state index in [1.54, 1.807) is 0 Å². The van der Waals surface area contributed by atoms with Crippen LogP contribution in [-0.4, -0.2) is 0 Å². The number of benzene rings is 2. The van der Waals surface area contributed by atoms with E-state index in [9.17, 15) is 0 Å². The molecule has 0 aliphatic rings. The quantitative estimate of drug-likeness (QED) is 0.544. The third kappa shape index (κ3) is 1.36. The van der Waals surface area contributed by atoms with E-state index in [1.165, 1.54) is 0 Å². The van der Waals surface area contributed by atoms with Crippen LogP contribution in [0.2, 0.25) is 0 Å². The number of nitrogens with two attached hydrogens (primary N) is 1. The van der Waals surface area contributed by atoms with E-state index in [0.29, 0.717) is 5.88 Å². The Morgan fingerprint density at radius 2 is 1.69 bits per heavy atom. The lowest BCUT2D eigenvalue weighted by Gasteiger charge is -2.05. The summed E-state index contributed by atoms with van der Waals surface area (Å²) < 4.78 is 0. The highest BCUT2D eigenvalue weighted by molar-refractivity contribution is 6.18. The van der Waals surface area contributed by atoms with E-state index in [0.717, 1.165) is 22.0 Å². The molecule has 0 amide bonds. The predicted octanol–water partition coefficient (Wildman–Crippen LogP) is 3.16. The molecule has 0 atom stereocenters. The van der Waals surface area contributed by atoms with Gasteiger partial charge in [0.05, 0.1) is 0 Å². The van der Waals surface area contributed by atoms with Crippen LogP contribution in [0.25, 0.3) is 10.8 Å². The molecule has 0 aromatic heterocycles. The van der Waals surface area contributed by atoms with Crippen LogP contribution >= 0.6 is 11.6 Å². The average molecular weight is 192 g/mol. The maximum Gasteiger partial charge on any atom is 0.0480 e. The van der Waals surface area contributed by atoms with Crippen molar-refractivity contribution < 1.29 is 0 Å². The van der Waals surface area contributed by atoms with Crippen molar-refractivity contribution in [1.82, 2.24) is 0 Å². The van der Waals surface area contributed by atoms with Gasteiger partial charge in [-0.15, -0.1) is 11.6 Å². The highest BCUT2D eigenvalue weighted by Gasteiger charge is 2.01. The van der Waals surface area contributed by atoms with Crippen LogP contribution in [0.3, 0.4) is 0 Å². The first-order valence-corrected chi connectivity index (χ1v) is 4.68. The van der Waals surface area contributed by atoms with Gasteiger partial charge in [0.1, 0.15) is 0 Å². The second-order valence-corrected chi connectivity index (χ2v) is 3.26. The van der Waals surface area contributed by atoms with Crippen molar-refractivity contribution in [1.29, 1.82) is 0 Å². The van der Waals surface area contributed by atoms with Gasteiger partial charge in [-0.05, 0) is 17.0 Å². The molecular formula is C11H10ClN. The van der Waals surface area contributed by atoms with E-state index in [1.807, 2.05) is 36.4 Å². The van der Waals surface area contributed by atoms with E-state index >= 15 is 0 Å². The van der Waals surface area contributed by atoms with E-state index in [2.05, 4.69) is 0 Å². The molecule has 0 unspecified atom stereocenters. The van der Waals surface area contributed by atoms with Crippen molar-refractivity contribution in [2.45, 2.75) is 5.88 Å². The second kappa shape index (κ2) is 3.27. The molecule has 0 heterocycles. The number of fused-ring (bicyclic) bond motifs is 1. The van der Waals surface area contributed by atoms with Crippen molar-refractivity contribution in [2.75, 3.05) is 5.73 Å². The Bertz CT molecular complexity index is 437. The molecule has 66 valence electrons. The number of rotatable bonds is 1. The Balaban J connectivity index is 2.84. The zero-order chi connectivity index (χ0) is 9.26. The average Bonchev–Trinajstić information content (AvgIpc) is 2.19. The van der Waals surface area contributed by atoms with Gasteiger partial charge in [-0.3, -0.25) is 0 Å². The van der Waals surface area contributed by atoms with Crippen molar-refractivity contribution in [3.63, 3.8) is 0 Å². The maximum atomic E-state index is 5.84. The molecule has 0 saturated carbocycles. The Labute approximate surface area is 82.1 Å². The number of halogens is 1. The molecule has 2 aromatic rings. The van der Waals surface area contributed by atoms with Gasteiger partial charge in [-0.2, -0.15) is 0 Å². The van der Waals surface area contributed by atoms with Gasteiger partial charge in [0.2, 0.25) is 0 Å². The number of anilines is 1. The highest BCUT2D eigenvalue weighted by atomic mass is 35.5.